The van der Waals surface area contributed by atoms with Gasteiger partial charge in [-0.1, -0.05) is 0 Å². The minimum Gasteiger partial charge on any atom is -0.481 e. The van der Waals surface area contributed by atoms with Crippen LogP contribution in [0.1, 0.15) is 44.9 Å². The van der Waals surface area contributed by atoms with Crippen molar-refractivity contribution >= 4 is 11.9 Å². The topological polar surface area (TPSA) is 87.4 Å². The minimum absolute atomic E-state index is 0.0927. The lowest BCUT2D eigenvalue weighted by Crippen LogP contribution is -2.06. The van der Waals surface area contributed by atoms with Gasteiger partial charge < -0.3 is 9.84 Å². The summed E-state index contributed by atoms with van der Waals surface area (Å²) in [5, 5.41) is 16.6. The number of rotatable bonds is 9. The van der Waals surface area contributed by atoms with E-state index < -0.39 is 5.97 Å². The fourth-order valence-corrected chi connectivity index (χ4v) is 1.11. The monoisotopic (exact) mass is 227 g/mol. The predicted molar refractivity (Wildman–Crippen MR) is 56.5 cm³/mol. The number of ether oxygens (including phenoxy) is 1. The van der Waals surface area contributed by atoms with Gasteiger partial charge in [0, 0.05) is 19.3 Å². The maximum atomic E-state index is 11.1. The highest BCUT2D eigenvalue weighted by molar-refractivity contribution is 5.69. The van der Waals surface area contributed by atoms with E-state index in [2.05, 4.69) is 0 Å². The normalized spacial score (nSPS) is 9.44. The van der Waals surface area contributed by atoms with Gasteiger partial charge in [-0.15, -0.1) is 0 Å². The third-order valence-electron chi connectivity index (χ3n) is 1.97. The number of carbonyl (C=O) groups is 2. The van der Waals surface area contributed by atoms with Crippen LogP contribution >= 0.6 is 0 Å². The first-order valence-electron chi connectivity index (χ1n) is 5.41. The van der Waals surface area contributed by atoms with Crippen molar-refractivity contribution in [2.75, 3.05) is 6.61 Å². The molecule has 0 saturated heterocycles. The third kappa shape index (κ3) is 10.5. The smallest absolute Gasteiger partial charge is 0.305 e. The molecule has 90 valence electrons. The number of esters is 1. The molecule has 0 bridgehead atoms. The lowest BCUT2D eigenvalue weighted by Gasteiger charge is -2.03. The van der Waals surface area contributed by atoms with Gasteiger partial charge in [0.25, 0.3) is 0 Å². The summed E-state index contributed by atoms with van der Waals surface area (Å²) in [5.74, 6) is -1.13. The Hall–Kier alpha value is -1.57. The summed E-state index contributed by atoms with van der Waals surface area (Å²) >= 11 is 0. The lowest BCUT2D eigenvalue weighted by atomic mass is 10.2. The summed E-state index contributed by atoms with van der Waals surface area (Å²) in [7, 11) is 0. The first-order valence-corrected chi connectivity index (χ1v) is 5.41. The third-order valence-corrected chi connectivity index (χ3v) is 1.97. The summed E-state index contributed by atoms with van der Waals surface area (Å²) < 4.78 is 4.90. The number of nitriles is 1. The van der Waals surface area contributed by atoms with Gasteiger partial charge in [0.2, 0.25) is 0 Å². The molecule has 0 fully saturated rings. The van der Waals surface area contributed by atoms with Crippen LogP contribution in [0.4, 0.5) is 0 Å². The lowest BCUT2D eigenvalue weighted by molar-refractivity contribution is -0.144. The largest absolute Gasteiger partial charge is 0.481 e. The minimum atomic E-state index is -0.843. The molecule has 5 nitrogen and oxygen atoms in total. The summed E-state index contributed by atoms with van der Waals surface area (Å²) in [6.07, 6.45) is 3.33. The second-order valence-electron chi connectivity index (χ2n) is 3.44. The molecule has 0 atom stereocenters. The molecule has 0 saturated carbocycles. The van der Waals surface area contributed by atoms with Crippen LogP contribution in [0.5, 0.6) is 0 Å². The van der Waals surface area contributed by atoms with Crippen LogP contribution in [-0.2, 0) is 14.3 Å². The van der Waals surface area contributed by atoms with E-state index in [1.165, 1.54) is 0 Å². The number of unbranched alkanes of at least 4 members (excludes halogenated alkanes) is 3. The zero-order chi connectivity index (χ0) is 12.2. The Balaban J connectivity index is 3.25. The number of carboxylic acids is 1. The molecule has 0 spiro atoms. The average molecular weight is 227 g/mol. The molecular formula is C11H17NO4. The number of carbonyl (C=O) groups excluding carboxylic acids is 1. The van der Waals surface area contributed by atoms with Crippen LogP contribution in [-0.4, -0.2) is 23.7 Å². The van der Waals surface area contributed by atoms with Gasteiger partial charge in [0.15, 0.2) is 0 Å². The molecule has 5 heteroatoms. The van der Waals surface area contributed by atoms with Crippen LogP contribution < -0.4 is 0 Å². The van der Waals surface area contributed by atoms with Gasteiger partial charge in [-0.3, -0.25) is 9.59 Å². The van der Waals surface area contributed by atoms with Crippen molar-refractivity contribution in [3.63, 3.8) is 0 Å². The second kappa shape index (κ2) is 9.97. The zero-order valence-corrected chi connectivity index (χ0v) is 9.28. The molecule has 0 radical (unpaired) electrons. The highest BCUT2D eigenvalue weighted by Crippen LogP contribution is 2.02. The molecule has 0 heterocycles. The fourth-order valence-electron chi connectivity index (χ4n) is 1.11. The van der Waals surface area contributed by atoms with Gasteiger partial charge in [-0.25, -0.2) is 0 Å². The molecule has 16 heavy (non-hydrogen) atoms. The Bertz CT molecular complexity index is 257. The average Bonchev–Trinajstić information content (AvgIpc) is 2.24. The van der Waals surface area contributed by atoms with E-state index in [4.69, 9.17) is 15.1 Å². The van der Waals surface area contributed by atoms with Crippen LogP contribution in [0.25, 0.3) is 0 Å². The van der Waals surface area contributed by atoms with Crippen LogP contribution in [0.3, 0.4) is 0 Å². The highest BCUT2D eigenvalue weighted by atomic mass is 16.5. The van der Waals surface area contributed by atoms with Crippen LogP contribution in [0, 0.1) is 11.3 Å². The Morgan fingerprint density at radius 3 is 2.44 bits per heavy atom. The molecule has 0 unspecified atom stereocenters. The second-order valence-corrected chi connectivity index (χ2v) is 3.44. The number of hydrogen-bond acceptors (Lipinski definition) is 4. The standard InChI is InChI=1S/C11H17NO4/c12-8-4-1-5-9-16-11(15)7-3-2-6-10(13)14/h1-7,9H2,(H,13,14). The summed E-state index contributed by atoms with van der Waals surface area (Å²) in [5.41, 5.74) is 0. The van der Waals surface area contributed by atoms with E-state index >= 15 is 0 Å². The van der Waals surface area contributed by atoms with E-state index in [-0.39, 0.29) is 18.8 Å². The Morgan fingerprint density at radius 2 is 1.81 bits per heavy atom. The molecule has 0 rings (SSSR count). The SMILES string of the molecule is N#CCCCCOC(=O)CCCCC(=O)O. The Kier molecular flexibility index (Phi) is 8.99. The number of hydrogen-bond donors (Lipinski definition) is 1. The van der Waals surface area contributed by atoms with E-state index in [1.807, 2.05) is 6.07 Å². The van der Waals surface area contributed by atoms with Crippen molar-refractivity contribution in [3.05, 3.63) is 0 Å². The quantitative estimate of drug-likeness (QED) is 0.480. The van der Waals surface area contributed by atoms with Crippen molar-refractivity contribution in [2.45, 2.75) is 44.9 Å². The van der Waals surface area contributed by atoms with Gasteiger partial charge in [-0.05, 0) is 25.7 Å². The van der Waals surface area contributed by atoms with Crippen molar-refractivity contribution in [1.82, 2.24) is 0 Å². The molecule has 0 aromatic rings. The molecular weight excluding hydrogens is 210 g/mol. The van der Waals surface area contributed by atoms with E-state index in [9.17, 15) is 9.59 Å². The van der Waals surface area contributed by atoms with Gasteiger partial charge in [0.05, 0.1) is 12.7 Å². The Labute approximate surface area is 95.0 Å². The molecule has 1 N–H and O–H groups in total. The number of carboxylic acid groups (broad SMARTS) is 1. The highest BCUT2D eigenvalue weighted by Gasteiger charge is 2.03. The van der Waals surface area contributed by atoms with E-state index in [0.29, 0.717) is 32.3 Å². The molecule has 0 aliphatic rings. The zero-order valence-electron chi connectivity index (χ0n) is 9.28. The maximum absolute atomic E-state index is 11.1. The van der Waals surface area contributed by atoms with Gasteiger partial charge in [-0.2, -0.15) is 5.26 Å². The van der Waals surface area contributed by atoms with E-state index in [1.54, 1.807) is 0 Å². The number of nitrogens with zero attached hydrogens (tertiary/aromatic N) is 1. The first-order chi connectivity index (χ1) is 7.66. The fraction of sp³-hybridized carbons (Fsp3) is 0.727. The molecule has 0 aromatic heterocycles. The summed E-state index contributed by atoms with van der Waals surface area (Å²) in [6.45, 7) is 0.347. The molecule has 0 amide bonds. The maximum Gasteiger partial charge on any atom is 0.305 e. The van der Waals surface area contributed by atoms with Crippen LogP contribution in [0.2, 0.25) is 0 Å². The predicted octanol–water partition coefficient (Wildman–Crippen LogP) is 1.87. The van der Waals surface area contributed by atoms with E-state index in [0.717, 1.165) is 6.42 Å². The summed E-state index contributed by atoms with van der Waals surface area (Å²) in [4.78, 5) is 21.3. The van der Waals surface area contributed by atoms with Crippen molar-refractivity contribution in [2.24, 2.45) is 0 Å². The van der Waals surface area contributed by atoms with Crippen molar-refractivity contribution in [1.29, 1.82) is 5.26 Å². The number of aliphatic carboxylic acids is 1. The molecule has 0 aliphatic carbocycles. The Morgan fingerprint density at radius 1 is 1.12 bits per heavy atom. The first kappa shape index (κ1) is 14.4. The molecule has 0 aromatic carbocycles. The molecule has 0 aliphatic heterocycles. The van der Waals surface area contributed by atoms with Crippen molar-refractivity contribution < 1.29 is 19.4 Å². The van der Waals surface area contributed by atoms with Gasteiger partial charge in [0.1, 0.15) is 0 Å². The van der Waals surface area contributed by atoms with Gasteiger partial charge >= 0.3 is 11.9 Å². The van der Waals surface area contributed by atoms with Crippen LogP contribution in [0.15, 0.2) is 0 Å². The summed E-state index contributed by atoms with van der Waals surface area (Å²) in [6, 6.07) is 2.01. The van der Waals surface area contributed by atoms with Crippen molar-refractivity contribution in [3.8, 4) is 6.07 Å².